The number of esters is 1. The molecule has 0 saturated carbocycles. The lowest BCUT2D eigenvalue weighted by Gasteiger charge is -2.08. The molecular weight excluding hydrogens is 364 g/mol. The van der Waals surface area contributed by atoms with Crippen LogP contribution in [0.2, 0.25) is 0 Å². The maximum atomic E-state index is 12.9. The minimum absolute atomic E-state index is 0.183. The number of hydrogen-bond donors (Lipinski definition) is 0. The van der Waals surface area contributed by atoms with Crippen LogP contribution in [0.1, 0.15) is 9.67 Å². The number of para-hydroxylation sites is 1. The molecule has 0 fully saturated rings. The van der Waals surface area contributed by atoms with Gasteiger partial charge in [-0.3, -0.25) is 4.79 Å². The van der Waals surface area contributed by atoms with E-state index < -0.39 is 5.97 Å². The lowest BCUT2D eigenvalue weighted by atomic mass is 10.0. The number of benzene rings is 2. The summed E-state index contributed by atoms with van der Waals surface area (Å²) >= 11 is 1.30. The van der Waals surface area contributed by atoms with Gasteiger partial charge in [-0.25, -0.2) is 4.79 Å². The number of methoxy groups -OCH3 is 1. The Balaban J connectivity index is 1.73. The Kier molecular flexibility index (Phi) is 4.48. The first kappa shape index (κ1) is 17.1. The van der Waals surface area contributed by atoms with Gasteiger partial charge < -0.3 is 13.9 Å². The standard InChI is InChI=1S/C21H14O5S/c1-24-17-6-3-2-5-14(17)16-12-25-18-11-13(8-9-15(18)20(16)22)26-21(23)19-7-4-10-27-19/h2-12H,1H3. The van der Waals surface area contributed by atoms with Crippen LogP contribution < -0.4 is 14.9 Å². The van der Waals surface area contributed by atoms with Crippen molar-refractivity contribution in [3.8, 4) is 22.6 Å². The molecule has 0 atom stereocenters. The van der Waals surface area contributed by atoms with Crippen LogP contribution in [-0.2, 0) is 0 Å². The van der Waals surface area contributed by atoms with Crippen molar-refractivity contribution < 1.29 is 18.7 Å². The molecule has 0 N–H and O–H groups in total. The van der Waals surface area contributed by atoms with Crippen LogP contribution in [0.15, 0.2) is 75.5 Å². The summed E-state index contributed by atoms with van der Waals surface area (Å²) in [6.07, 6.45) is 1.40. The van der Waals surface area contributed by atoms with Crippen LogP contribution in [0.5, 0.6) is 11.5 Å². The molecule has 2 aromatic carbocycles. The van der Waals surface area contributed by atoms with Gasteiger partial charge >= 0.3 is 5.97 Å². The average Bonchev–Trinajstić information content (AvgIpc) is 3.23. The highest BCUT2D eigenvalue weighted by Crippen LogP contribution is 2.29. The Morgan fingerprint density at radius 3 is 2.67 bits per heavy atom. The molecule has 0 bridgehead atoms. The van der Waals surface area contributed by atoms with Crippen LogP contribution in [0, 0.1) is 0 Å². The summed E-state index contributed by atoms with van der Waals surface area (Å²) in [4.78, 5) is 25.5. The van der Waals surface area contributed by atoms with E-state index in [0.29, 0.717) is 38.5 Å². The molecule has 0 amide bonds. The van der Waals surface area contributed by atoms with Gasteiger partial charge in [0.15, 0.2) is 0 Å². The zero-order valence-corrected chi connectivity index (χ0v) is 15.1. The van der Waals surface area contributed by atoms with Gasteiger partial charge in [-0.2, -0.15) is 0 Å². The van der Waals surface area contributed by atoms with Crippen LogP contribution in [0.3, 0.4) is 0 Å². The Morgan fingerprint density at radius 2 is 1.89 bits per heavy atom. The van der Waals surface area contributed by atoms with Gasteiger partial charge in [0, 0.05) is 11.6 Å². The predicted octanol–water partition coefficient (Wildman–Crippen LogP) is 4.75. The second-order valence-electron chi connectivity index (χ2n) is 5.70. The third-order valence-electron chi connectivity index (χ3n) is 4.08. The summed E-state index contributed by atoms with van der Waals surface area (Å²) in [6.45, 7) is 0. The van der Waals surface area contributed by atoms with Gasteiger partial charge in [0.1, 0.15) is 28.2 Å². The lowest BCUT2D eigenvalue weighted by molar-refractivity contribution is 0.0740. The number of carbonyl (C=O) groups excluding carboxylic acids is 1. The van der Waals surface area contributed by atoms with E-state index in [1.54, 1.807) is 48.9 Å². The number of fused-ring (bicyclic) bond motifs is 1. The van der Waals surface area contributed by atoms with Crippen LogP contribution in [0.25, 0.3) is 22.1 Å². The quantitative estimate of drug-likeness (QED) is 0.379. The third-order valence-corrected chi connectivity index (χ3v) is 4.93. The number of carbonyl (C=O) groups is 1. The molecule has 27 heavy (non-hydrogen) atoms. The maximum absolute atomic E-state index is 12.9. The zero-order valence-electron chi connectivity index (χ0n) is 14.3. The first-order valence-corrected chi connectivity index (χ1v) is 9.00. The monoisotopic (exact) mass is 378 g/mol. The maximum Gasteiger partial charge on any atom is 0.353 e. The van der Waals surface area contributed by atoms with Crippen molar-refractivity contribution in [2.24, 2.45) is 0 Å². The van der Waals surface area contributed by atoms with Crippen LogP contribution in [-0.4, -0.2) is 13.1 Å². The Hall–Kier alpha value is -3.38. The topological polar surface area (TPSA) is 65.7 Å². The molecule has 0 saturated heterocycles. The summed E-state index contributed by atoms with van der Waals surface area (Å²) in [7, 11) is 1.55. The number of hydrogen-bond acceptors (Lipinski definition) is 6. The predicted molar refractivity (Wildman–Crippen MR) is 104 cm³/mol. The van der Waals surface area contributed by atoms with Crippen molar-refractivity contribution in [1.29, 1.82) is 0 Å². The Labute approximate surface area is 158 Å². The van der Waals surface area contributed by atoms with Crippen molar-refractivity contribution >= 4 is 28.3 Å². The summed E-state index contributed by atoms with van der Waals surface area (Å²) < 4.78 is 16.3. The van der Waals surface area contributed by atoms with Crippen molar-refractivity contribution in [2.45, 2.75) is 0 Å². The molecule has 5 nitrogen and oxygen atoms in total. The normalized spacial score (nSPS) is 10.7. The van der Waals surface area contributed by atoms with Crippen LogP contribution >= 0.6 is 11.3 Å². The van der Waals surface area contributed by atoms with Gasteiger partial charge in [0.05, 0.1) is 18.1 Å². The van der Waals surface area contributed by atoms with E-state index in [9.17, 15) is 9.59 Å². The third kappa shape index (κ3) is 3.22. The van der Waals surface area contributed by atoms with E-state index in [0.717, 1.165) is 0 Å². The smallest absolute Gasteiger partial charge is 0.353 e. The summed E-state index contributed by atoms with van der Waals surface area (Å²) in [5.41, 5.74) is 1.22. The zero-order chi connectivity index (χ0) is 18.8. The highest BCUT2D eigenvalue weighted by Gasteiger charge is 2.15. The van der Waals surface area contributed by atoms with Gasteiger partial charge in [-0.1, -0.05) is 24.3 Å². The molecule has 0 aliphatic carbocycles. The number of rotatable bonds is 4. The van der Waals surface area contributed by atoms with E-state index in [1.807, 2.05) is 12.1 Å². The van der Waals surface area contributed by atoms with Gasteiger partial charge in [0.2, 0.25) is 5.43 Å². The van der Waals surface area contributed by atoms with Gasteiger partial charge in [-0.05, 0) is 29.6 Å². The second-order valence-corrected chi connectivity index (χ2v) is 6.65. The van der Waals surface area contributed by atoms with Gasteiger partial charge in [-0.15, -0.1) is 11.3 Å². The van der Waals surface area contributed by atoms with E-state index in [1.165, 1.54) is 23.7 Å². The molecule has 2 heterocycles. The van der Waals surface area contributed by atoms with E-state index >= 15 is 0 Å². The fourth-order valence-corrected chi connectivity index (χ4v) is 3.38. The van der Waals surface area contributed by atoms with E-state index in [2.05, 4.69) is 0 Å². The SMILES string of the molecule is COc1ccccc1-c1coc2cc(OC(=O)c3cccs3)ccc2c1=O. The molecule has 2 aromatic heterocycles. The summed E-state index contributed by atoms with van der Waals surface area (Å²) in [6, 6.07) is 15.4. The molecule has 0 spiro atoms. The highest BCUT2D eigenvalue weighted by molar-refractivity contribution is 7.12. The summed E-state index contributed by atoms with van der Waals surface area (Å²) in [5, 5.41) is 2.20. The molecule has 4 rings (SSSR count). The minimum atomic E-state index is -0.447. The molecule has 134 valence electrons. The lowest BCUT2D eigenvalue weighted by Crippen LogP contribution is -2.08. The first-order chi connectivity index (χ1) is 13.2. The Morgan fingerprint density at radius 1 is 1.04 bits per heavy atom. The highest BCUT2D eigenvalue weighted by atomic mass is 32.1. The first-order valence-electron chi connectivity index (χ1n) is 8.12. The summed E-state index contributed by atoms with van der Waals surface area (Å²) in [5.74, 6) is 0.456. The molecule has 4 aromatic rings. The second kappa shape index (κ2) is 7.09. The largest absolute Gasteiger partial charge is 0.496 e. The minimum Gasteiger partial charge on any atom is -0.496 e. The molecule has 0 radical (unpaired) electrons. The molecule has 0 aliphatic rings. The van der Waals surface area contributed by atoms with Crippen molar-refractivity contribution in [3.63, 3.8) is 0 Å². The fourth-order valence-electron chi connectivity index (χ4n) is 2.78. The van der Waals surface area contributed by atoms with Crippen molar-refractivity contribution in [2.75, 3.05) is 7.11 Å². The van der Waals surface area contributed by atoms with Crippen molar-refractivity contribution in [1.82, 2.24) is 0 Å². The molecule has 0 unspecified atom stereocenters. The Bertz CT molecular complexity index is 1170. The average molecular weight is 378 g/mol. The number of thiophene rings is 1. The molecule has 0 aliphatic heterocycles. The van der Waals surface area contributed by atoms with Crippen molar-refractivity contribution in [3.05, 3.63) is 81.3 Å². The van der Waals surface area contributed by atoms with Crippen LogP contribution in [0.4, 0.5) is 0 Å². The van der Waals surface area contributed by atoms with Gasteiger partial charge in [0.25, 0.3) is 0 Å². The van der Waals surface area contributed by atoms with E-state index in [-0.39, 0.29) is 5.43 Å². The molecule has 6 heteroatoms. The fraction of sp³-hybridized carbons (Fsp3) is 0.0476. The number of ether oxygens (including phenoxy) is 2. The van der Waals surface area contributed by atoms with E-state index in [4.69, 9.17) is 13.9 Å². The molecular formula is C21H14O5S.